The van der Waals surface area contributed by atoms with E-state index in [2.05, 4.69) is 4.85 Å². The Morgan fingerprint density at radius 3 is 2.31 bits per heavy atom. The van der Waals surface area contributed by atoms with Crippen LogP contribution in [-0.4, -0.2) is 5.11 Å². The van der Waals surface area contributed by atoms with Crippen LogP contribution in [0.1, 0.15) is 0 Å². The normalized spacial score (nSPS) is 9.75. The monoisotopic (exact) mass is 229 g/mol. The molecule has 0 aliphatic heterocycles. The molecule has 3 heteroatoms. The lowest BCUT2D eigenvalue weighted by molar-refractivity contribution is 0.475. The van der Waals surface area contributed by atoms with Crippen LogP contribution < -0.4 is 0 Å². The van der Waals surface area contributed by atoms with Gasteiger partial charge in [-0.15, -0.1) is 0 Å². The van der Waals surface area contributed by atoms with Crippen molar-refractivity contribution in [2.45, 2.75) is 0 Å². The van der Waals surface area contributed by atoms with Crippen LogP contribution in [-0.2, 0) is 0 Å². The molecule has 2 rings (SSSR count). The van der Waals surface area contributed by atoms with Crippen LogP contribution in [0.4, 0.5) is 5.69 Å². The molecule has 2 aromatic carbocycles. The van der Waals surface area contributed by atoms with Crippen LogP contribution >= 0.6 is 11.6 Å². The van der Waals surface area contributed by atoms with Crippen molar-refractivity contribution in [1.82, 2.24) is 0 Å². The Balaban J connectivity index is 2.49. The number of benzene rings is 2. The molecular weight excluding hydrogens is 222 g/mol. The van der Waals surface area contributed by atoms with Gasteiger partial charge in [0.25, 0.3) is 0 Å². The second-order valence-corrected chi connectivity index (χ2v) is 3.73. The van der Waals surface area contributed by atoms with Gasteiger partial charge >= 0.3 is 0 Å². The number of halogens is 1. The van der Waals surface area contributed by atoms with Crippen LogP contribution in [0.25, 0.3) is 16.0 Å². The molecule has 2 nitrogen and oxygen atoms in total. The summed E-state index contributed by atoms with van der Waals surface area (Å²) in [6.07, 6.45) is 0. The molecule has 0 spiro atoms. The van der Waals surface area contributed by atoms with E-state index in [1.54, 1.807) is 36.4 Å². The van der Waals surface area contributed by atoms with Crippen molar-refractivity contribution in [1.29, 1.82) is 0 Å². The van der Waals surface area contributed by atoms with Crippen LogP contribution in [0.3, 0.4) is 0 Å². The van der Waals surface area contributed by atoms with E-state index < -0.39 is 0 Å². The summed E-state index contributed by atoms with van der Waals surface area (Å²) in [5.74, 6) is 0.220. The summed E-state index contributed by atoms with van der Waals surface area (Å²) < 4.78 is 0. The molecular formula is C13H8ClNO. The third-order valence-electron chi connectivity index (χ3n) is 2.26. The summed E-state index contributed by atoms with van der Waals surface area (Å²) in [6.45, 7) is 6.88. The fraction of sp³-hybridized carbons (Fsp3) is 0. The summed E-state index contributed by atoms with van der Waals surface area (Å²) in [7, 11) is 0. The Hall–Kier alpha value is -1.98. The van der Waals surface area contributed by atoms with Crippen LogP contribution in [0.15, 0.2) is 42.5 Å². The molecule has 0 radical (unpaired) electrons. The van der Waals surface area contributed by atoms with Crippen LogP contribution in [0.5, 0.6) is 5.75 Å². The predicted molar refractivity (Wildman–Crippen MR) is 64.8 cm³/mol. The number of rotatable bonds is 1. The van der Waals surface area contributed by atoms with Gasteiger partial charge in [-0.3, -0.25) is 0 Å². The molecule has 0 saturated heterocycles. The number of phenolic OH excluding ortho intramolecular Hbond substituents is 1. The maximum absolute atomic E-state index is 9.18. The van der Waals surface area contributed by atoms with Gasteiger partial charge in [-0.2, -0.15) is 0 Å². The molecule has 0 fully saturated rings. The zero-order chi connectivity index (χ0) is 11.5. The third kappa shape index (κ3) is 2.00. The first kappa shape index (κ1) is 10.5. The highest BCUT2D eigenvalue weighted by molar-refractivity contribution is 6.33. The topological polar surface area (TPSA) is 24.6 Å². The number of nitrogens with zero attached hydrogens (tertiary/aromatic N) is 1. The first-order valence-electron chi connectivity index (χ1n) is 4.67. The zero-order valence-electron chi connectivity index (χ0n) is 8.31. The summed E-state index contributed by atoms with van der Waals surface area (Å²) >= 11 is 6.08. The maximum atomic E-state index is 9.18. The largest absolute Gasteiger partial charge is 0.508 e. The number of hydrogen-bond acceptors (Lipinski definition) is 1. The molecule has 2 aromatic rings. The smallest absolute Gasteiger partial charge is 0.188 e. The van der Waals surface area contributed by atoms with Gasteiger partial charge in [0.15, 0.2) is 5.69 Å². The zero-order valence-corrected chi connectivity index (χ0v) is 9.07. The average Bonchev–Trinajstić information content (AvgIpc) is 2.30. The van der Waals surface area contributed by atoms with E-state index in [0.29, 0.717) is 10.7 Å². The minimum absolute atomic E-state index is 0.220. The fourth-order valence-electron chi connectivity index (χ4n) is 1.45. The van der Waals surface area contributed by atoms with Gasteiger partial charge in [-0.1, -0.05) is 35.9 Å². The molecule has 16 heavy (non-hydrogen) atoms. The van der Waals surface area contributed by atoms with Crippen molar-refractivity contribution in [2.24, 2.45) is 0 Å². The van der Waals surface area contributed by atoms with E-state index >= 15 is 0 Å². The lowest BCUT2D eigenvalue weighted by Crippen LogP contribution is -1.78. The van der Waals surface area contributed by atoms with Crippen molar-refractivity contribution in [3.05, 3.63) is 58.9 Å². The van der Waals surface area contributed by atoms with Crippen LogP contribution in [0, 0.1) is 6.57 Å². The average molecular weight is 230 g/mol. The second kappa shape index (κ2) is 4.26. The van der Waals surface area contributed by atoms with Crippen LogP contribution in [0.2, 0.25) is 5.02 Å². The predicted octanol–water partition coefficient (Wildman–Crippen LogP) is 4.26. The number of phenols is 1. The molecule has 0 saturated carbocycles. The highest BCUT2D eigenvalue weighted by Crippen LogP contribution is 2.31. The Bertz CT molecular complexity index is 555. The fourth-order valence-corrected chi connectivity index (χ4v) is 1.73. The molecule has 0 unspecified atom stereocenters. The maximum Gasteiger partial charge on any atom is 0.188 e. The minimum atomic E-state index is 0.220. The Morgan fingerprint density at radius 1 is 1.06 bits per heavy atom. The molecule has 0 amide bonds. The van der Waals surface area contributed by atoms with Crippen molar-refractivity contribution in [3.63, 3.8) is 0 Å². The van der Waals surface area contributed by atoms with E-state index in [1.165, 1.54) is 0 Å². The molecule has 0 aromatic heterocycles. The summed E-state index contributed by atoms with van der Waals surface area (Å²) in [5.41, 5.74) is 2.29. The minimum Gasteiger partial charge on any atom is -0.508 e. The summed E-state index contributed by atoms with van der Waals surface area (Å²) in [4.78, 5) is 3.31. The van der Waals surface area contributed by atoms with Gasteiger partial charge < -0.3 is 5.11 Å². The van der Waals surface area contributed by atoms with E-state index in [9.17, 15) is 5.11 Å². The van der Waals surface area contributed by atoms with Gasteiger partial charge in [0, 0.05) is 5.02 Å². The van der Waals surface area contributed by atoms with Crippen molar-refractivity contribution in [3.8, 4) is 16.9 Å². The Morgan fingerprint density at radius 2 is 1.75 bits per heavy atom. The van der Waals surface area contributed by atoms with Crippen molar-refractivity contribution < 1.29 is 5.11 Å². The quantitative estimate of drug-likeness (QED) is 0.726. The van der Waals surface area contributed by atoms with Crippen molar-refractivity contribution in [2.75, 3.05) is 0 Å². The van der Waals surface area contributed by atoms with Crippen molar-refractivity contribution >= 4 is 17.3 Å². The Kier molecular flexibility index (Phi) is 2.80. The highest BCUT2D eigenvalue weighted by Gasteiger charge is 2.04. The lowest BCUT2D eigenvalue weighted by Gasteiger charge is -2.05. The van der Waals surface area contributed by atoms with Gasteiger partial charge in [0.1, 0.15) is 5.75 Å². The molecule has 1 N–H and O–H groups in total. The van der Waals surface area contributed by atoms with Gasteiger partial charge in [0.2, 0.25) is 0 Å². The number of aromatic hydroxyl groups is 1. The second-order valence-electron chi connectivity index (χ2n) is 3.32. The molecule has 0 aliphatic rings. The molecule has 0 heterocycles. The molecule has 78 valence electrons. The Labute approximate surface area is 98.6 Å². The van der Waals surface area contributed by atoms with E-state index in [1.807, 2.05) is 6.07 Å². The molecule has 0 atom stereocenters. The van der Waals surface area contributed by atoms with Gasteiger partial charge in [0.05, 0.1) is 6.57 Å². The first-order chi connectivity index (χ1) is 7.70. The highest BCUT2D eigenvalue weighted by atomic mass is 35.5. The van der Waals surface area contributed by atoms with Gasteiger partial charge in [-0.05, 0) is 29.3 Å². The van der Waals surface area contributed by atoms with E-state index in [0.717, 1.165) is 11.1 Å². The lowest BCUT2D eigenvalue weighted by atomic mass is 10.1. The standard InChI is InChI=1S/C13H8ClNO/c1-15-10-4-7-12(13(14)8-10)9-2-5-11(16)6-3-9/h2-8,16H. The third-order valence-corrected chi connectivity index (χ3v) is 2.57. The summed E-state index contributed by atoms with van der Waals surface area (Å²) in [6, 6.07) is 11.9. The molecule has 0 aliphatic carbocycles. The summed E-state index contributed by atoms with van der Waals surface area (Å²) in [5, 5.41) is 9.72. The first-order valence-corrected chi connectivity index (χ1v) is 5.05. The van der Waals surface area contributed by atoms with E-state index in [-0.39, 0.29) is 5.75 Å². The molecule has 0 bridgehead atoms. The van der Waals surface area contributed by atoms with E-state index in [4.69, 9.17) is 18.2 Å². The number of hydrogen-bond donors (Lipinski definition) is 1. The SMILES string of the molecule is [C-]#[N+]c1ccc(-c2ccc(O)cc2)c(Cl)c1. The van der Waals surface area contributed by atoms with Gasteiger partial charge in [-0.25, -0.2) is 4.85 Å².